The SMILES string of the molecule is Cc1ccc(Cn2ccc(NC(=O)c3ccc(Cl)c([N+](=O)[O-])c3)n2)cc1. The van der Waals surface area contributed by atoms with Crippen molar-refractivity contribution in [1.82, 2.24) is 9.78 Å². The van der Waals surface area contributed by atoms with Gasteiger partial charge in [-0.25, -0.2) is 0 Å². The summed E-state index contributed by atoms with van der Waals surface area (Å²) in [6.45, 7) is 2.59. The molecule has 1 heterocycles. The lowest BCUT2D eigenvalue weighted by atomic mass is 10.1. The summed E-state index contributed by atoms with van der Waals surface area (Å²) in [5, 5.41) is 17.8. The first kappa shape index (κ1) is 17.6. The third kappa shape index (κ3) is 4.07. The van der Waals surface area contributed by atoms with Crippen molar-refractivity contribution in [3.05, 3.63) is 86.6 Å². The van der Waals surface area contributed by atoms with Crippen LogP contribution in [0, 0.1) is 17.0 Å². The molecule has 0 aliphatic carbocycles. The lowest BCUT2D eigenvalue weighted by molar-refractivity contribution is -0.384. The zero-order valence-electron chi connectivity index (χ0n) is 13.8. The fourth-order valence-electron chi connectivity index (χ4n) is 2.38. The van der Waals surface area contributed by atoms with Gasteiger partial charge in [-0.2, -0.15) is 5.10 Å². The Hall–Kier alpha value is -3.19. The number of nitrogens with zero attached hydrogens (tertiary/aromatic N) is 3. The molecule has 0 unspecified atom stereocenters. The second-order valence-electron chi connectivity index (χ2n) is 5.76. The number of hydrogen-bond acceptors (Lipinski definition) is 4. The van der Waals surface area contributed by atoms with Gasteiger partial charge in [0.1, 0.15) is 5.02 Å². The van der Waals surface area contributed by atoms with Crippen molar-refractivity contribution in [2.45, 2.75) is 13.5 Å². The molecule has 0 aliphatic rings. The summed E-state index contributed by atoms with van der Waals surface area (Å²) in [5.41, 5.74) is 2.09. The molecule has 1 N–H and O–H groups in total. The van der Waals surface area contributed by atoms with E-state index in [1.54, 1.807) is 16.9 Å². The van der Waals surface area contributed by atoms with E-state index < -0.39 is 10.8 Å². The highest BCUT2D eigenvalue weighted by atomic mass is 35.5. The summed E-state index contributed by atoms with van der Waals surface area (Å²) in [6, 6.07) is 13.6. The van der Waals surface area contributed by atoms with Gasteiger partial charge in [-0.05, 0) is 24.6 Å². The van der Waals surface area contributed by atoms with Crippen LogP contribution in [0.5, 0.6) is 0 Å². The predicted octanol–water partition coefficient (Wildman–Crippen LogP) is 4.05. The summed E-state index contributed by atoms with van der Waals surface area (Å²) in [7, 11) is 0. The average molecular weight is 371 g/mol. The second kappa shape index (κ2) is 7.37. The van der Waals surface area contributed by atoms with Gasteiger partial charge >= 0.3 is 0 Å². The molecule has 0 saturated heterocycles. The van der Waals surface area contributed by atoms with E-state index in [2.05, 4.69) is 10.4 Å². The third-order valence-corrected chi connectivity index (χ3v) is 4.07. The van der Waals surface area contributed by atoms with Gasteiger partial charge in [0.25, 0.3) is 11.6 Å². The maximum absolute atomic E-state index is 12.3. The van der Waals surface area contributed by atoms with Gasteiger partial charge in [-0.3, -0.25) is 19.6 Å². The summed E-state index contributed by atoms with van der Waals surface area (Å²) in [6.07, 6.45) is 1.75. The van der Waals surface area contributed by atoms with Crippen molar-refractivity contribution in [3.8, 4) is 0 Å². The molecule has 8 heteroatoms. The molecule has 0 radical (unpaired) electrons. The molecule has 3 aromatic rings. The van der Waals surface area contributed by atoms with E-state index in [1.165, 1.54) is 17.7 Å². The number of anilines is 1. The van der Waals surface area contributed by atoms with E-state index >= 15 is 0 Å². The summed E-state index contributed by atoms with van der Waals surface area (Å²) in [5.74, 6) is -0.134. The maximum Gasteiger partial charge on any atom is 0.288 e. The van der Waals surface area contributed by atoms with Gasteiger partial charge in [0.15, 0.2) is 5.82 Å². The number of carbonyl (C=O) groups is 1. The topological polar surface area (TPSA) is 90.1 Å². The van der Waals surface area contributed by atoms with Crippen LogP contribution in [-0.2, 0) is 6.54 Å². The average Bonchev–Trinajstić information content (AvgIpc) is 3.04. The molecular weight excluding hydrogens is 356 g/mol. The fourth-order valence-corrected chi connectivity index (χ4v) is 2.57. The molecule has 0 atom stereocenters. The van der Waals surface area contributed by atoms with Crippen molar-refractivity contribution >= 4 is 29.0 Å². The summed E-state index contributed by atoms with van der Waals surface area (Å²) < 4.78 is 1.70. The maximum atomic E-state index is 12.3. The minimum Gasteiger partial charge on any atom is -0.305 e. The van der Waals surface area contributed by atoms with Crippen LogP contribution in [0.25, 0.3) is 0 Å². The Morgan fingerprint density at radius 1 is 1.23 bits per heavy atom. The Labute approximate surface area is 154 Å². The lowest BCUT2D eigenvalue weighted by Gasteiger charge is -2.04. The van der Waals surface area contributed by atoms with Crippen LogP contribution < -0.4 is 5.32 Å². The molecule has 26 heavy (non-hydrogen) atoms. The van der Waals surface area contributed by atoms with Crippen molar-refractivity contribution in [1.29, 1.82) is 0 Å². The van der Waals surface area contributed by atoms with Crippen LogP contribution in [0.1, 0.15) is 21.5 Å². The van der Waals surface area contributed by atoms with Crippen LogP contribution >= 0.6 is 11.6 Å². The molecule has 132 valence electrons. The first-order valence-corrected chi connectivity index (χ1v) is 8.14. The van der Waals surface area contributed by atoms with Gasteiger partial charge in [-0.1, -0.05) is 41.4 Å². The molecule has 1 aromatic heterocycles. The zero-order chi connectivity index (χ0) is 18.7. The van der Waals surface area contributed by atoms with Crippen molar-refractivity contribution in [2.24, 2.45) is 0 Å². The number of nitro groups is 1. The van der Waals surface area contributed by atoms with Crippen LogP contribution in [0.3, 0.4) is 0 Å². The monoisotopic (exact) mass is 370 g/mol. The minimum absolute atomic E-state index is 0.0195. The van der Waals surface area contributed by atoms with Crippen LogP contribution in [-0.4, -0.2) is 20.6 Å². The van der Waals surface area contributed by atoms with Crippen molar-refractivity contribution in [2.75, 3.05) is 5.32 Å². The molecule has 7 nitrogen and oxygen atoms in total. The van der Waals surface area contributed by atoms with Crippen LogP contribution in [0.2, 0.25) is 5.02 Å². The van der Waals surface area contributed by atoms with Gasteiger partial charge in [0, 0.05) is 23.9 Å². The molecule has 0 bridgehead atoms. The third-order valence-electron chi connectivity index (χ3n) is 3.75. The number of hydrogen-bond donors (Lipinski definition) is 1. The number of nitrogens with one attached hydrogen (secondary N) is 1. The Balaban J connectivity index is 1.70. The number of benzene rings is 2. The van der Waals surface area contributed by atoms with E-state index in [9.17, 15) is 14.9 Å². The predicted molar refractivity (Wildman–Crippen MR) is 98.6 cm³/mol. The molecule has 0 saturated carbocycles. The number of halogens is 1. The minimum atomic E-state index is -0.630. The zero-order valence-corrected chi connectivity index (χ0v) is 14.6. The number of aromatic nitrogens is 2. The smallest absolute Gasteiger partial charge is 0.288 e. The standard InChI is InChI=1S/C18H15ClN4O3/c1-12-2-4-13(5-3-12)11-22-9-8-17(21-22)20-18(24)14-6-7-15(19)16(10-14)23(25)26/h2-10H,11H2,1H3,(H,20,21,24). The van der Waals surface area contributed by atoms with E-state index in [1.807, 2.05) is 31.2 Å². The quantitative estimate of drug-likeness (QED) is 0.541. The van der Waals surface area contributed by atoms with Gasteiger partial charge in [0.2, 0.25) is 0 Å². The largest absolute Gasteiger partial charge is 0.305 e. The molecular formula is C18H15ClN4O3. The number of aryl methyl sites for hydroxylation is 1. The summed E-state index contributed by atoms with van der Waals surface area (Å²) in [4.78, 5) is 22.6. The number of amides is 1. The highest BCUT2D eigenvalue weighted by Gasteiger charge is 2.17. The van der Waals surface area contributed by atoms with Gasteiger partial charge in [0.05, 0.1) is 11.5 Å². The Kier molecular flexibility index (Phi) is 4.99. The highest BCUT2D eigenvalue weighted by Crippen LogP contribution is 2.25. The number of rotatable bonds is 5. The second-order valence-corrected chi connectivity index (χ2v) is 6.17. The van der Waals surface area contributed by atoms with Crippen LogP contribution in [0.4, 0.5) is 11.5 Å². The first-order valence-electron chi connectivity index (χ1n) is 7.76. The number of carbonyl (C=O) groups excluding carboxylic acids is 1. The Bertz CT molecular complexity index is 967. The Morgan fingerprint density at radius 3 is 2.65 bits per heavy atom. The Morgan fingerprint density at radius 2 is 1.96 bits per heavy atom. The molecule has 2 aromatic carbocycles. The molecule has 3 rings (SSSR count). The molecule has 0 spiro atoms. The highest BCUT2D eigenvalue weighted by molar-refractivity contribution is 6.32. The fraction of sp³-hybridized carbons (Fsp3) is 0.111. The van der Waals surface area contributed by atoms with E-state index in [0.717, 1.165) is 11.6 Å². The molecule has 0 fully saturated rings. The normalized spacial score (nSPS) is 10.5. The van der Waals surface area contributed by atoms with E-state index in [-0.39, 0.29) is 16.3 Å². The van der Waals surface area contributed by atoms with Crippen molar-refractivity contribution in [3.63, 3.8) is 0 Å². The molecule has 0 aliphatic heterocycles. The first-order chi connectivity index (χ1) is 12.4. The van der Waals surface area contributed by atoms with E-state index in [0.29, 0.717) is 12.4 Å². The van der Waals surface area contributed by atoms with E-state index in [4.69, 9.17) is 11.6 Å². The van der Waals surface area contributed by atoms with Gasteiger partial charge < -0.3 is 5.32 Å². The summed E-state index contributed by atoms with van der Waals surface area (Å²) >= 11 is 5.76. The number of nitro benzene ring substituents is 1. The van der Waals surface area contributed by atoms with Crippen molar-refractivity contribution < 1.29 is 9.72 Å². The van der Waals surface area contributed by atoms with Crippen LogP contribution in [0.15, 0.2) is 54.7 Å². The molecule has 1 amide bonds. The van der Waals surface area contributed by atoms with Gasteiger partial charge in [-0.15, -0.1) is 0 Å². The lowest BCUT2D eigenvalue weighted by Crippen LogP contribution is -2.13.